The number of nitrogens with one attached hydrogen (secondary N) is 1. The molecule has 0 bridgehead atoms. The van der Waals surface area contributed by atoms with Gasteiger partial charge in [0, 0.05) is 29.1 Å². The van der Waals surface area contributed by atoms with Crippen LogP contribution in [-0.2, 0) is 6.54 Å². The van der Waals surface area contributed by atoms with E-state index in [4.69, 9.17) is 4.42 Å². The summed E-state index contributed by atoms with van der Waals surface area (Å²) in [7, 11) is 0. The molecule has 4 aromatic rings. The van der Waals surface area contributed by atoms with Gasteiger partial charge in [-0.1, -0.05) is 74.2 Å². The van der Waals surface area contributed by atoms with Crippen LogP contribution in [0.25, 0.3) is 22.1 Å². The van der Waals surface area contributed by atoms with Crippen molar-refractivity contribution in [2.24, 2.45) is 0 Å². The fourth-order valence-electron chi connectivity index (χ4n) is 5.06. The SMILES string of the molecule is O=C(Nc1c(F)cc(F)cc1F)N(Cc1oc2ccccc2c1-c1ccccc1)C1CCCCCC1. The van der Waals surface area contributed by atoms with E-state index in [2.05, 4.69) is 5.32 Å². The first-order valence-electron chi connectivity index (χ1n) is 12.3. The third-order valence-corrected chi connectivity index (χ3v) is 6.81. The highest BCUT2D eigenvalue weighted by molar-refractivity contribution is 5.96. The minimum Gasteiger partial charge on any atom is -0.459 e. The van der Waals surface area contributed by atoms with E-state index in [0.717, 1.165) is 55.0 Å². The molecule has 1 fully saturated rings. The second-order valence-electron chi connectivity index (χ2n) is 9.21. The van der Waals surface area contributed by atoms with Crippen molar-refractivity contribution in [3.05, 3.63) is 89.9 Å². The summed E-state index contributed by atoms with van der Waals surface area (Å²) in [5.74, 6) is -2.76. The molecule has 0 atom stereocenters. The van der Waals surface area contributed by atoms with Gasteiger partial charge in [-0.15, -0.1) is 0 Å². The van der Waals surface area contributed by atoms with Crippen LogP contribution in [0.5, 0.6) is 0 Å². The van der Waals surface area contributed by atoms with E-state index in [1.165, 1.54) is 0 Å². The quantitative estimate of drug-likeness (QED) is 0.285. The predicted molar refractivity (Wildman–Crippen MR) is 134 cm³/mol. The molecule has 0 unspecified atom stereocenters. The molecular formula is C29H27F3N2O2. The van der Waals surface area contributed by atoms with Crippen molar-refractivity contribution in [2.75, 3.05) is 5.32 Å². The lowest BCUT2D eigenvalue weighted by molar-refractivity contribution is 0.169. The molecule has 2 amide bonds. The van der Waals surface area contributed by atoms with E-state index < -0.39 is 29.2 Å². The van der Waals surface area contributed by atoms with E-state index in [1.54, 1.807) is 4.90 Å². The molecule has 4 nitrogen and oxygen atoms in total. The van der Waals surface area contributed by atoms with Gasteiger partial charge in [0.1, 0.15) is 22.8 Å². The number of hydrogen-bond donors (Lipinski definition) is 1. The Bertz CT molecular complexity index is 1340. The smallest absolute Gasteiger partial charge is 0.322 e. The summed E-state index contributed by atoms with van der Waals surface area (Å²) < 4.78 is 48.4. The topological polar surface area (TPSA) is 45.5 Å². The molecule has 1 aliphatic carbocycles. The van der Waals surface area contributed by atoms with E-state index in [0.29, 0.717) is 23.5 Å². The largest absolute Gasteiger partial charge is 0.459 e. The zero-order valence-corrected chi connectivity index (χ0v) is 19.8. The third kappa shape index (κ3) is 4.96. The zero-order chi connectivity index (χ0) is 25.1. The summed E-state index contributed by atoms with van der Waals surface area (Å²) in [6.45, 7) is 0.125. The van der Waals surface area contributed by atoms with Crippen LogP contribution in [0.4, 0.5) is 23.7 Å². The minimum atomic E-state index is -1.16. The number of anilines is 1. The number of benzene rings is 3. The molecule has 1 saturated carbocycles. The molecule has 1 heterocycles. The Morgan fingerprint density at radius 2 is 1.53 bits per heavy atom. The first-order valence-corrected chi connectivity index (χ1v) is 12.3. The summed E-state index contributed by atoms with van der Waals surface area (Å²) in [6.07, 6.45) is 5.63. The third-order valence-electron chi connectivity index (χ3n) is 6.81. The van der Waals surface area contributed by atoms with Gasteiger partial charge in [0.05, 0.1) is 6.54 Å². The summed E-state index contributed by atoms with van der Waals surface area (Å²) in [5.41, 5.74) is 1.88. The van der Waals surface area contributed by atoms with Gasteiger partial charge in [0.25, 0.3) is 0 Å². The van der Waals surface area contributed by atoms with Crippen LogP contribution in [0.3, 0.4) is 0 Å². The summed E-state index contributed by atoms with van der Waals surface area (Å²) in [5, 5.41) is 3.29. The van der Waals surface area contributed by atoms with Crippen LogP contribution >= 0.6 is 0 Å². The number of nitrogens with zero attached hydrogens (tertiary/aromatic N) is 1. The number of para-hydroxylation sites is 1. The minimum absolute atomic E-state index is 0.125. The van der Waals surface area contributed by atoms with E-state index >= 15 is 0 Å². The molecule has 7 heteroatoms. The maximum Gasteiger partial charge on any atom is 0.322 e. The van der Waals surface area contributed by atoms with Gasteiger partial charge in [-0.3, -0.25) is 0 Å². The van der Waals surface area contributed by atoms with Gasteiger partial charge in [0.2, 0.25) is 0 Å². The predicted octanol–water partition coefficient (Wildman–Crippen LogP) is 8.27. The molecular weight excluding hydrogens is 465 g/mol. The highest BCUT2D eigenvalue weighted by Crippen LogP contribution is 2.37. The Hall–Kier alpha value is -3.74. The first-order chi connectivity index (χ1) is 17.5. The van der Waals surface area contributed by atoms with Crippen LogP contribution in [0.2, 0.25) is 0 Å². The average Bonchev–Trinajstić information content (AvgIpc) is 3.02. The van der Waals surface area contributed by atoms with Crippen LogP contribution in [0, 0.1) is 17.5 Å². The van der Waals surface area contributed by atoms with Crippen molar-refractivity contribution in [3.63, 3.8) is 0 Å². The van der Waals surface area contributed by atoms with Crippen molar-refractivity contribution in [2.45, 2.75) is 51.1 Å². The average molecular weight is 493 g/mol. The fraction of sp³-hybridized carbons (Fsp3) is 0.276. The highest BCUT2D eigenvalue weighted by Gasteiger charge is 2.29. The first kappa shape index (κ1) is 24.0. The Labute approximate surface area is 207 Å². The lowest BCUT2D eigenvalue weighted by Gasteiger charge is -2.31. The van der Waals surface area contributed by atoms with E-state index in [1.807, 2.05) is 54.6 Å². The summed E-state index contributed by atoms with van der Waals surface area (Å²) in [6, 6.07) is 17.8. The summed E-state index contributed by atoms with van der Waals surface area (Å²) >= 11 is 0. The number of furan rings is 1. The standard InChI is InChI=1S/C29H27F3N2O2/c30-20-16-23(31)28(24(32)17-20)33-29(35)34(21-12-6-1-2-7-13-21)18-26-27(19-10-4-3-5-11-19)22-14-8-9-15-25(22)36-26/h3-5,8-11,14-17,21H,1-2,6-7,12-13,18H2,(H,33,35). The van der Waals surface area contributed by atoms with Crippen LogP contribution in [-0.4, -0.2) is 17.0 Å². The second-order valence-corrected chi connectivity index (χ2v) is 9.21. The Balaban J connectivity index is 1.54. The molecule has 0 aliphatic heterocycles. The molecule has 3 aromatic carbocycles. The number of rotatable bonds is 5. The number of fused-ring (bicyclic) bond motifs is 1. The van der Waals surface area contributed by atoms with Crippen molar-refractivity contribution >= 4 is 22.7 Å². The number of hydrogen-bond acceptors (Lipinski definition) is 2. The van der Waals surface area contributed by atoms with Crippen molar-refractivity contribution in [1.82, 2.24) is 4.90 Å². The maximum atomic E-state index is 14.4. The summed E-state index contributed by atoms with van der Waals surface area (Å²) in [4.78, 5) is 15.1. The van der Waals surface area contributed by atoms with Crippen LogP contribution < -0.4 is 5.32 Å². The lowest BCUT2D eigenvalue weighted by atomic mass is 10.0. The van der Waals surface area contributed by atoms with Gasteiger partial charge < -0.3 is 14.6 Å². The lowest BCUT2D eigenvalue weighted by Crippen LogP contribution is -2.42. The Kier molecular flexibility index (Phi) is 6.98. The van der Waals surface area contributed by atoms with E-state index in [-0.39, 0.29) is 12.6 Å². The molecule has 186 valence electrons. The number of amides is 2. The molecule has 1 N–H and O–H groups in total. The van der Waals surface area contributed by atoms with Gasteiger partial charge >= 0.3 is 6.03 Å². The molecule has 5 rings (SSSR count). The van der Waals surface area contributed by atoms with Crippen LogP contribution in [0.15, 0.2) is 71.1 Å². The number of carbonyl (C=O) groups is 1. The Morgan fingerprint density at radius 1 is 0.889 bits per heavy atom. The molecule has 0 spiro atoms. The van der Waals surface area contributed by atoms with Crippen molar-refractivity contribution in [3.8, 4) is 11.1 Å². The highest BCUT2D eigenvalue weighted by atomic mass is 19.1. The normalized spacial score (nSPS) is 14.5. The molecule has 0 saturated heterocycles. The Morgan fingerprint density at radius 3 is 2.22 bits per heavy atom. The number of urea groups is 1. The number of halogens is 3. The van der Waals surface area contributed by atoms with E-state index in [9.17, 15) is 18.0 Å². The maximum absolute atomic E-state index is 14.4. The molecule has 36 heavy (non-hydrogen) atoms. The van der Waals surface area contributed by atoms with Gasteiger partial charge in [-0.25, -0.2) is 18.0 Å². The van der Waals surface area contributed by atoms with Gasteiger partial charge in [0.15, 0.2) is 11.6 Å². The molecule has 1 aromatic heterocycles. The zero-order valence-electron chi connectivity index (χ0n) is 19.8. The molecule has 0 radical (unpaired) electrons. The monoisotopic (exact) mass is 492 g/mol. The second kappa shape index (κ2) is 10.5. The fourth-order valence-corrected chi connectivity index (χ4v) is 5.06. The van der Waals surface area contributed by atoms with Gasteiger partial charge in [-0.2, -0.15) is 0 Å². The molecule has 1 aliphatic rings. The van der Waals surface area contributed by atoms with Crippen molar-refractivity contribution in [1.29, 1.82) is 0 Å². The van der Waals surface area contributed by atoms with Gasteiger partial charge in [-0.05, 0) is 24.5 Å². The van der Waals surface area contributed by atoms with Crippen molar-refractivity contribution < 1.29 is 22.4 Å². The van der Waals surface area contributed by atoms with Crippen LogP contribution in [0.1, 0.15) is 44.3 Å². The number of carbonyl (C=O) groups excluding carboxylic acids is 1.